The number of carbonyl (C=O) groups is 1. The van der Waals surface area contributed by atoms with Crippen molar-refractivity contribution in [2.45, 2.75) is 80.8 Å². The van der Waals surface area contributed by atoms with Gasteiger partial charge in [-0.05, 0) is 63.5 Å². The van der Waals surface area contributed by atoms with E-state index >= 15 is 0 Å². The Morgan fingerprint density at radius 1 is 1.15 bits per heavy atom. The first-order valence-electron chi connectivity index (χ1n) is 14.2. The lowest BCUT2D eigenvalue weighted by Gasteiger charge is -2.43. The summed E-state index contributed by atoms with van der Waals surface area (Å²) in [6, 6.07) is 6.48. The van der Waals surface area contributed by atoms with Crippen LogP contribution in [0.4, 0.5) is 0 Å². The molecule has 2 rings (SSSR count). The molecule has 7 heteroatoms. The number of benzene rings is 1. The Kier molecular flexibility index (Phi) is 16.7. The Balaban J connectivity index is 0.00000242. The molecule has 0 radical (unpaired) electrons. The molecule has 0 spiro atoms. The van der Waals surface area contributed by atoms with E-state index in [9.17, 15) is 0 Å². The smallest absolute Gasteiger partial charge is 0.290 e. The molecule has 1 aromatic carbocycles. The van der Waals surface area contributed by atoms with Crippen molar-refractivity contribution in [1.29, 1.82) is 0 Å². The molecule has 6 nitrogen and oxygen atoms in total. The van der Waals surface area contributed by atoms with Gasteiger partial charge in [-0.25, -0.2) is 0 Å². The number of thioether (sulfide) groups is 1. The number of likely N-dealkylation sites (tertiary alicyclic amines) is 1. The van der Waals surface area contributed by atoms with E-state index in [1.54, 1.807) is 7.11 Å². The maximum absolute atomic E-state index is 8.36. The van der Waals surface area contributed by atoms with Gasteiger partial charge in [0.1, 0.15) is 12.4 Å². The molecular formula is C32H53NO5S. The van der Waals surface area contributed by atoms with Crippen LogP contribution in [0.15, 0.2) is 34.8 Å². The van der Waals surface area contributed by atoms with Crippen molar-refractivity contribution in [3.05, 3.63) is 45.9 Å². The van der Waals surface area contributed by atoms with Crippen molar-refractivity contribution in [2.75, 3.05) is 46.6 Å². The zero-order valence-corrected chi connectivity index (χ0v) is 26.7. The van der Waals surface area contributed by atoms with E-state index < -0.39 is 0 Å². The van der Waals surface area contributed by atoms with E-state index in [0.717, 1.165) is 51.3 Å². The van der Waals surface area contributed by atoms with Crippen LogP contribution >= 0.6 is 11.8 Å². The van der Waals surface area contributed by atoms with Crippen molar-refractivity contribution in [3.63, 3.8) is 0 Å². The third-order valence-electron chi connectivity index (χ3n) is 6.76. The van der Waals surface area contributed by atoms with Crippen LogP contribution < -0.4 is 4.74 Å². The predicted molar refractivity (Wildman–Crippen MR) is 166 cm³/mol. The van der Waals surface area contributed by atoms with Gasteiger partial charge in [0.15, 0.2) is 0 Å². The number of nitrogens with zero attached hydrogens (tertiary/aromatic N) is 1. The molecule has 1 saturated heterocycles. The minimum absolute atomic E-state index is 0.250. The number of rotatable bonds is 13. The molecule has 2 atom stereocenters. The summed E-state index contributed by atoms with van der Waals surface area (Å²) in [6.07, 6.45) is 5.86. The number of allylic oxidation sites excluding steroid dienone is 2. The molecule has 39 heavy (non-hydrogen) atoms. The molecule has 222 valence electrons. The zero-order chi connectivity index (χ0) is 29.4. The van der Waals surface area contributed by atoms with Gasteiger partial charge in [0.25, 0.3) is 6.47 Å². The maximum Gasteiger partial charge on any atom is 0.290 e. The van der Waals surface area contributed by atoms with E-state index in [2.05, 4.69) is 84.6 Å². The minimum atomic E-state index is -0.250. The molecule has 0 aliphatic carbocycles. The minimum Gasteiger partial charge on any atom is -0.491 e. The predicted octanol–water partition coefficient (Wildman–Crippen LogP) is 7.66. The maximum atomic E-state index is 8.36. The molecule has 0 amide bonds. The fourth-order valence-corrected chi connectivity index (χ4v) is 5.76. The molecule has 0 saturated carbocycles. The fraction of sp³-hybridized carbons (Fsp3) is 0.656. The number of carboxylic acid groups (broad SMARTS) is 1. The summed E-state index contributed by atoms with van der Waals surface area (Å²) in [5.74, 6) is 1.55. The molecule has 0 bridgehead atoms. The van der Waals surface area contributed by atoms with Crippen molar-refractivity contribution in [1.82, 2.24) is 4.90 Å². The Bertz CT molecular complexity index is 918. The Morgan fingerprint density at radius 2 is 1.85 bits per heavy atom. The number of aryl methyl sites for hydroxylation is 1. The van der Waals surface area contributed by atoms with Crippen LogP contribution in [-0.4, -0.2) is 69.1 Å². The van der Waals surface area contributed by atoms with Gasteiger partial charge in [-0.2, -0.15) is 0 Å². The topological polar surface area (TPSA) is 68.2 Å². The van der Waals surface area contributed by atoms with Crippen LogP contribution in [0.3, 0.4) is 0 Å². The highest BCUT2D eigenvalue weighted by atomic mass is 32.2. The molecule has 1 aromatic rings. The summed E-state index contributed by atoms with van der Waals surface area (Å²) in [6.45, 7) is 23.0. The lowest BCUT2D eigenvalue weighted by atomic mass is 9.75. The summed E-state index contributed by atoms with van der Waals surface area (Å²) < 4.78 is 17.6. The lowest BCUT2D eigenvalue weighted by Crippen LogP contribution is -2.48. The van der Waals surface area contributed by atoms with Crippen LogP contribution in [0.25, 0.3) is 4.91 Å². The average Bonchev–Trinajstić information content (AvgIpc) is 2.87. The van der Waals surface area contributed by atoms with Crippen LogP contribution in [-0.2, 0) is 14.3 Å². The van der Waals surface area contributed by atoms with Gasteiger partial charge in [-0.15, -0.1) is 0 Å². The summed E-state index contributed by atoms with van der Waals surface area (Å²) in [5, 5.41) is 6.89. The second-order valence-electron chi connectivity index (χ2n) is 11.4. The molecule has 2 unspecified atom stereocenters. The van der Waals surface area contributed by atoms with Crippen LogP contribution in [0.1, 0.15) is 78.9 Å². The monoisotopic (exact) mass is 563 g/mol. The van der Waals surface area contributed by atoms with Crippen molar-refractivity contribution in [3.8, 4) is 5.75 Å². The second kappa shape index (κ2) is 18.5. The lowest BCUT2D eigenvalue weighted by molar-refractivity contribution is -0.122. The summed E-state index contributed by atoms with van der Waals surface area (Å²) in [7, 11) is 1.71. The van der Waals surface area contributed by atoms with Crippen molar-refractivity contribution < 1.29 is 24.1 Å². The third kappa shape index (κ3) is 12.9. The normalized spacial score (nSPS) is 18.2. The summed E-state index contributed by atoms with van der Waals surface area (Å²) in [5.41, 5.74) is 4.06. The number of piperidine rings is 1. The molecule has 1 fully saturated rings. The quantitative estimate of drug-likeness (QED) is 0.195. The fourth-order valence-electron chi connectivity index (χ4n) is 4.52. The van der Waals surface area contributed by atoms with Crippen molar-refractivity contribution >= 4 is 23.1 Å². The van der Waals surface area contributed by atoms with Gasteiger partial charge in [0, 0.05) is 48.7 Å². The van der Waals surface area contributed by atoms with E-state index in [0.29, 0.717) is 25.2 Å². The highest BCUT2D eigenvalue weighted by Crippen LogP contribution is 2.41. The van der Waals surface area contributed by atoms with Gasteiger partial charge < -0.3 is 19.3 Å². The zero-order valence-electron chi connectivity index (χ0n) is 25.8. The molecule has 1 aliphatic rings. The van der Waals surface area contributed by atoms with E-state index in [1.807, 2.05) is 11.8 Å². The SMILES string of the molecule is CC/C=C(\SC(CN1CC(OCCC)CC(C(C)(C)C)C1)=C(C)C)c1cc(C)ccc1OCCOC.O=CO. The van der Waals surface area contributed by atoms with Gasteiger partial charge in [-0.3, -0.25) is 9.69 Å². The van der Waals surface area contributed by atoms with Gasteiger partial charge in [-0.1, -0.05) is 69.7 Å². The number of methoxy groups -OCH3 is 1. The first-order valence-corrected chi connectivity index (χ1v) is 15.0. The average molecular weight is 564 g/mol. The van der Waals surface area contributed by atoms with Gasteiger partial charge >= 0.3 is 0 Å². The molecular weight excluding hydrogens is 510 g/mol. The van der Waals surface area contributed by atoms with E-state index in [-0.39, 0.29) is 11.9 Å². The van der Waals surface area contributed by atoms with Crippen molar-refractivity contribution in [2.24, 2.45) is 11.3 Å². The molecule has 0 aromatic heterocycles. The number of ether oxygens (including phenoxy) is 3. The highest BCUT2D eigenvalue weighted by Gasteiger charge is 2.35. The van der Waals surface area contributed by atoms with E-state index in [1.165, 1.54) is 26.5 Å². The summed E-state index contributed by atoms with van der Waals surface area (Å²) in [4.78, 5) is 13.7. The van der Waals surface area contributed by atoms with Gasteiger partial charge in [0.05, 0.1) is 12.7 Å². The van der Waals surface area contributed by atoms with E-state index in [4.69, 9.17) is 24.1 Å². The van der Waals surface area contributed by atoms with Crippen LogP contribution in [0.5, 0.6) is 5.75 Å². The highest BCUT2D eigenvalue weighted by molar-refractivity contribution is 8.11. The molecule has 1 N–H and O–H groups in total. The first kappa shape index (κ1) is 35.2. The Labute approximate surface area is 242 Å². The van der Waals surface area contributed by atoms with Crippen LogP contribution in [0, 0.1) is 18.3 Å². The van der Waals surface area contributed by atoms with Gasteiger partial charge in [0.2, 0.25) is 0 Å². The number of hydrogen-bond donors (Lipinski definition) is 1. The molecule has 1 aliphatic heterocycles. The summed E-state index contributed by atoms with van der Waals surface area (Å²) >= 11 is 1.91. The number of hydrogen-bond acceptors (Lipinski definition) is 6. The Morgan fingerprint density at radius 3 is 2.41 bits per heavy atom. The van der Waals surface area contributed by atoms with Crippen LogP contribution in [0.2, 0.25) is 0 Å². The largest absolute Gasteiger partial charge is 0.491 e. The Hall–Kier alpha value is -1.80. The standard InChI is InChI=1S/C31H51NO3S.CH2O2/c1-10-12-29(27-18-24(5)13-14-28(27)35-17-16-33-9)36-30(23(3)4)22-32-20-25(31(6,7)8)19-26(21-32)34-15-11-2;2-1-3/h12-14,18,25-26H,10-11,15-17,19-22H2,1-9H3;1H,(H,2,3)/b29-12-;. The third-order valence-corrected chi connectivity index (χ3v) is 8.15. The first-order chi connectivity index (χ1) is 18.5. The molecule has 1 heterocycles. The second-order valence-corrected chi connectivity index (χ2v) is 12.6.